The van der Waals surface area contributed by atoms with Crippen molar-refractivity contribution in [3.63, 3.8) is 0 Å². The summed E-state index contributed by atoms with van der Waals surface area (Å²) in [5.41, 5.74) is 4.59. The fourth-order valence-electron chi connectivity index (χ4n) is 6.75. The highest BCUT2D eigenvalue weighted by Crippen LogP contribution is 2.62. The summed E-state index contributed by atoms with van der Waals surface area (Å²) in [4.78, 5) is 7.50. The first-order chi connectivity index (χ1) is 19.1. The molecule has 4 aliphatic rings. The molecule has 8 nitrogen and oxygen atoms in total. The molecule has 3 saturated heterocycles. The molecule has 2 aromatic carbocycles. The van der Waals surface area contributed by atoms with Crippen molar-refractivity contribution in [1.82, 2.24) is 14.6 Å². The number of benzene rings is 2. The van der Waals surface area contributed by atoms with Crippen molar-refractivity contribution in [2.75, 3.05) is 31.2 Å². The van der Waals surface area contributed by atoms with E-state index in [0.717, 1.165) is 42.0 Å². The summed E-state index contributed by atoms with van der Waals surface area (Å²) < 4.78 is 39.1. The lowest BCUT2D eigenvalue weighted by atomic mass is 9.62. The van der Waals surface area contributed by atoms with Gasteiger partial charge in [0.1, 0.15) is 5.60 Å². The van der Waals surface area contributed by atoms with Crippen LogP contribution in [0.1, 0.15) is 48.7 Å². The summed E-state index contributed by atoms with van der Waals surface area (Å²) in [7, 11) is -3.82. The van der Waals surface area contributed by atoms with Gasteiger partial charge in [-0.15, -0.1) is 5.10 Å². The van der Waals surface area contributed by atoms with E-state index < -0.39 is 15.7 Å². The molecule has 4 fully saturated rings. The van der Waals surface area contributed by atoms with Crippen LogP contribution < -0.4 is 4.90 Å². The average Bonchev–Trinajstić information content (AvgIpc) is 3.70. The van der Waals surface area contributed by atoms with Gasteiger partial charge in [-0.1, -0.05) is 55.0 Å². The molecule has 2 aromatic heterocycles. The van der Waals surface area contributed by atoms with Gasteiger partial charge in [0, 0.05) is 23.9 Å². The quantitative estimate of drug-likeness (QED) is 0.298. The first kappa shape index (κ1) is 25.7. The van der Waals surface area contributed by atoms with E-state index in [4.69, 9.17) is 19.0 Å². The molecule has 3 aliphatic heterocycles. The van der Waals surface area contributed by atoms with Crippen molar-refractivity contribution in [3.8, 4) is 0 Å². The van der Waals surface area contributed by atoms with Crippen molar-refractivity contribution in [2.45, 2.75) is 55.9 Å². The zero-order valence-corrected chi connectivity index (χ0v) is 23.9. The summed E-state index contributed by atoms with van der Waals surface area (Å²) in [6.07, 6.45) is 4.46. The summed E-state index contributed by atoms with van der Waals surface area (Å²) in [5, 5.41) is 4.88. The molecule has 0 N–H and O–H groups in total. The lowest BCUT2D eigenvalue weighted by Gasteiger charge is -2.42. The van der Waals surface area contributed by atoms with Crippen LogP contribution in [0.4, 0.5) is 5.69 Å². The topological polar surface area (TPSA) is 86.0 Å². The second kappa shape index (κ2) is 8.86. The van der Waals surface area contributed by atoms with Gasteiger partial charge >= 0.3 is 0 Å². The molecule has 0 amide bonds. The Morgan fingerprint density at radius 2 is 1.80 bits per heavy atom. The molecule has 8 rings (SSSR count). The first-order valence-electron chi connectivity index (χ1n) is 13.9. The molecule has 1 atom stereocenters. The van der Waals surface area contributed by atoms with Crippen LogP contribution in [0.25, 0.3) is 5.65 Å². The summed E-state index contributed by atoms with van der Waals surface area (Å²) >= 11 is 0. The maximum Gasteiger partial charge on any atom is 0.296 e. The fraction of sp³-hybridized carbons (Fsp3) is 0.419. The number of fused-ring (bicyclic) bond motifs is 2. The molecule has 2 bridgehead atoms. The lowest BCUT2D eigenvalue weighted by Crippen LogP contribution is -2.45. The second-order valence-corrected chi connectivity index (χ2v) is 14.0. The van der Waals surface area contributed by atoms with E-state index in [1.165, 1.54) is 5.56 Å². The highest BCUT2D eigenvalue weighted by molar-refractivity contribution is 7.86. The van der Waals surface area contributed by atoms with Crippen molar-refractivity contribution in [3.05, 3.63) is 89.4 Å². The molecule has 4 aromatic rings. The van der Waals surface area contributed by atoms with E-state index >= 15 is 0 Å². The molecule has 1 aliphatic carbocycles. The van der Waals surface area contributed by atoms with Gasteiger partial charge in [-0.25, -0.2) is 9.50 Å². The molecule has 5 heterocycles. The number of hydrogen-bond acceptors (Lipinski definition) is 7. The zero-order chi connectivity index (χ0) is 27.8. The van der Waals surface area contributed by atoms with Crippen LogP contribution in [0.15, 0.2) is 71.8 Å². The van der Waals surface area contributed by atoms with Crippen LogP contribution in [0, 0.1) is 19.3 Å². The van der Waals surface area contributed by atoms with Gasteiger partial charge in [-0.3, -0.25) is 4.18 Å². The van der Waals surface area contributed by atoms with Gasteiger partial charge in [0.15, 0.2) is 11.5 Å². The van der Waals surface area contributed by atoms with E-state index in [-0.39, 0.29) is 22.3 Å². The highest BCUT2D eigenvalue weighted by atomic mass is 32.2. The number of rotatable bonds is 7. The highest BCUT2D eigenvalue weighted by Gasteiger charge is 2.65. The molecular formula is C31H34N4O4S. The molecule has 9 heteroatoms. The van der Waals surface area contributed by atoms with Gasteiger partial charge in [0.25, 0.3) is 10.1 Å². The van der Waals surface area contributed by atoms with Crippen molar-refractivity contribution in [1.29, 1.82) is 0 Å². The number of aryl methyl sites for hydroxylation is 2. The number of hydrogen-bond donors (Lipinski definition) is 0. The smallest absolute Gasteiger partial charge is 0.296 e. The van der Waals surface area contributed by atoms with E-state index in [0.29, 0.717) is 25.3 Å². The van der Waals surface area contributed by atoms with Crippen LogP contribution >= 0.6 is 0 Å². The predicted octanol–water partition coefficient (Wildman–Crippen LogP) is 4.93. The Morgan fingerprint density at radius 1 is 1.05 bits per heavy atom. The maximum absolute atomic E-state index is 12.7. The lowest BCUT2D eigenvalue weighted by molar-refractivity contribution is -0.0370. The molecule has 1 saturated carbocycles. The van der Waals surface area contributed by atoms with Gasteiger partial charge in [0.05, 0.1) is 30.0 Å². The minimum Gasteiger partial charge on any atom is -0.369 e. The minimum absolute atomic E-state index is 0.0939. The molecule has 0 radical (unpaired) electrons. The van der Waals surface area contributed by atoms with Crippen LogP contribution in [0.3, 0.4) is 0 Å². The predicted molar refractivity (Wildman–Crippen MR) is 152 cm³/mol. The van der Waals surface area contributed by atoms with Gasteiger partial charge in [-0.05, 0) is 62.4 Å². The van der Waals surface area contributed by atoms with Gasteiger partial charge in [0.2, 0.25) is 0 Å². The Morgan fingerprint density at radius 3 is 2.55 bits per heavy atom. The number of nitrogens with zero attached hydrogens (tertiary/aromatic N) is 4. The Balaban J connectivity index is 1.07. The van der Waals surface area contributed by atoms with E-state index in [1.807, 2.05) is 11.4 Å². The molecule has 0 unspecified atom stereocenters. The minimum atomic E-state index is -3.82. The van der Waals surface area contributed by atoms with Crippen LogP contribution in [0.2, 0.25) is 0 Å². The van der Waals surface area contributed by atoms with E-state index in [1.54, 1.807) is 24.3 Å². The molecule has 40 heavy (non-hydrogen) atoms. The second-order valence-electron chi connectivity index (χ2n) is 12.3. The standard InChI is InChI=1S/C31H34N4O4S/c1-22-9-11-26(12-10-22)40(36,37)39-21-30-17-31(18-30,38-20-30)28-32-27-23(2)15-25(16-35(27)33-28)34-14-13-29(3,19-34)24-7-5-4-6-8-24/h4-12,15-16H,13-14,17-21H2,1-3H3/t29-,30?,31?/m0/s1. The Hall–Kier alpha value is -3.27. The zero-order valence-electron chi connectivity index (χ0n) is 23.1. The van der Waals surface area contributed by atoms with Crippen molar-refractivity contribution in [2.24, 2.45) is 5.41 Å². The molecule has 208 valence electrons. The van der Waals surface area contributed by atoms with Crippen LogP contribution in [-0.4, -0.2) is 49.3 Å². The maximum atomic E-state index is 12.7. The molecular weight excluding hydrogens is 524 g/mol. The SMILES string of the molecule is Cc1ccc(S(=O)(=O)OCC23COC(c4nc5c(C)cc(N6CC[C@](C)(c7ccccc7)C6)cn5n4)(C2)C3)cc1. The average molecular weight is 559 g/mol. The van der Waals surface area contributed by atoms with E-state index in [9.17, 15) is 8.42 Å². The van der Waals surface area contributed by atoms with Crippen molar-refractivity contribution < 1.29 is 17.3 Å². The molecule has 0 spiro atoms. The summed E-state index contributed by atoms with van der Waals surface area (Å²) in [6.45, 7) is 8.80. The Kier molecular flexibility index (Phi) is 5.69. The Bertz CT molecular complexity index is 1690. The van der Waals surface area contributed by atoms with Crippen LogP contribution in [-0.2, 0) is 30.1 Å². The summed E-state index contributed by atoms with van der Waals surface area (Å²) in [6, 6.07) is 19.7. The number of pyridine rings is 1. The summed E-state index contributed by atoms with van der Waals surface area (Å²) in [5.74, 6) is 0.665. The Labute approximate surface area is 235 Å². The third kappa shape index (κ3) is 4.14. The van der Waals surface area contributed by atoms with Gasteiger partial charge in [-0.2, -0.15) is 8.42 Å². The number of anilines is 1. The fourth-order valence-corrected chi connectivity index (χ4v) is 7.76. The largest absolute Gasteiger partial charge is 0.369 e. The normalized spacial score (nSPS) is 27.8. The first-order valence-corrected chi connectivity index (χ1v) is 15.3. The third-order valence-electron chi connectivity index (χ3n) is 9.13. The van der Waals surface area contributed by atoms with Gasteiger partial charge < -0.3 is 9.64 Å². The monoisotopic (exact) mass is 558 g/mol. The number of aromatic nitrogens is 3. The number of ether oxygens (including phenoxy) is 1. The third-order valence-corrected chi connectivity index (χ3v) is 10.4. The van der Waals surface area contributed by atoms with Crippen LogP contribution in [0.5, 0.6) is 0 Å². The van der Waals surface area contributed by atoms with Crippen molar-refractivity contribution >= 4 is 21.5 Å². The van der Waals surface area contributed by atoms with E-state index in [2.05, 4.69) is 61.3 Å².